The van der Waals surface area contributed by atoms with Crippen LogP contribution in [0.1, 0.15) is 18.4 Å². The highest BCUT2D eigenvalue weighted by Crippen LogP contribution is 2.21. The Hall–Kier alpha value is -3.08. The highest BCUT2D eigenvalue weighted by atomic mass is 16.1. The minimum absolute atomic E-state index is 0.0535. The molecule has 0 atom stereocenters. The molecule has 0 unspecified atom stereocenters. The number of fused-ring (bicyclic) bond motifs is 1. The summed E-state index contributed by atoms with van der Waals surface area (Å²) < 4.78 is 0. The first-order chi connectivity index (χ1) is 12.5. The Bertz CT molecular complexity index is 876. The van der Waals surface area contributed by atoms with Crippen LogP contribution < -0.4 is 11.5 Å². The first kappa shape index (κ1) is 17.7. The van der Waals surface area contributed by atoms with E-state index < -0.39 is 0 Å². The molecule has 1 heterocycles. The van der Waals surface area contributed by atoms with Gasteiger partial charge in [-0.25, -0.2) is 4.99 Å². The van der Waals surface area contributed by atoms with Gasteiger partial charge < -0.3 is 16.4 Å². The number of hydrogen-bond donors (Lipinski definition) is 2. The van der Waals surface area contributed by atoms with Gasteiger partial charge in [0.2, 0.25) is 5.91 Å². The molecular weight excluding hydrogens is 324 g/mol. The Kier molecular flexibility index (Phi) is 5.37. The van der Waals surface area contributed by atoms with Crippen LogP contribution in [0.4, 0.5) is 0 Å². The zero-order valence-corrected chi connectivity index (χ0v) is 14.8. The van der Waals surface area contributed by atoms with Crippen LogP contribution in [0.3, 0.4) is 0 Å². The number of likely N-dealkylation sites (tertiary alicyclic amines) is 1. The lowest BCUT2D eigenvalue weighted by Gasteiger charge is -2.31. The molecule has 0 radical (unpaired) electrons. The smallest absolute Gasteiger partial charge is 0.220 e. The number of primary amides is 1. The number of carbonyl (C=O) groups is 1. The molecule has 1 amide bonds. The number of benzene rings is 2. The first-order valence-electron chi connectivity index (χ1n) is 8.77. The summed E-state index contributed by atoms with van der Waals surface area (Å²) in [5, 5.41) is 2.38. The van der Waals surface area contributed by atoms with Gasteiger partial charge in [0.05, 0.1) is 0 Å². The average molecular weight is 348 g/mol. The van der Waals surface area contributed by atoms with Crippen LogP contribution in [0, 0.1) is 5.92 Å². The van der Waals surface area contributed by atoms with Gasteiger partial charge in [-0.15, -0.1) is 0 Å². The number of piperidine rings is 1. The van der Waals surface area contributed by atoms with Crippen LogP contribution in [0.2, 0.25) is 0 Å². The summed E-state index contributed by atoms with van der Waals surface area (Å²) in [6.07, 6.45) is 4.97. The molecule has 0 aromatic heterocycles. The van der Waals surface area contributed by atoms with E-state index >= 15 is 0 Å². The maximum atomic E-state index is 11.2. The number of hydrogen-bond acceptors (Lipinski definition) is 2. The summed E-state index contributed by atoms with van der Waals surface area (Å²) in [5.41, 5.74) is 13.3. The number of allylic oxidation sites excluding steroid dienone is 2. The first-order valence-corrected chi connectivity index (χ1v) is 8.77. The second-order valence-corrected chi connectivity index (χ2v) is 6.55. The number of guanidine groups is 1. The maximum Gasteiger partial charge on any atom is 0.220 e. The summed E-state index contributed by atoms with van der Waals surface area (Å²) in [6.45, 7) is 5.50. The van der Waals surface area contributed by atoms with Crippen molar-refractivity contribution in [2.75, 3.05) is 13.1 Å². The summed E-state index contributed by atoms with van der Waals surface area (Å²) in [5.74, 6) is 0.171. The van der Waals surface area contributed by atoms with E-state index in [1.165, 1.54) is 10.8 Å². The van der Waals surface area contributed by atoms with Gasteiger partial charge in [-0.1, -0.05) is 43.0 Å². The fourth-order valence-corrected chi connectivity index (χ4v) is 3.16. The largest absolute Gasteiger partial charge is 0.370 e. The van der Waals surface area contributed by atoms with E-state index in [-0.39, 0.29) is 11.8 Å². The molecule has 3 rings (SSSR count). The van der Waals surface area contributed by atoms with Crippen molar-refractivity contribution in [2.24, 2.45) is 22.4 Å². The number of nitrogens with zero attached hydrogens (tertiary/aromatic N) is 2. The third-order valence-electron chi connectivity index (χ3n) is 4.82. The van der Waals surface area contributed by atoms with Gasteiger partial charge in [-0.2, -0.15) is 0 Å². The standard InChI is InChI=1S/C21H24N4O/c1-15(18-7-6-16-4-2-3-5-19(16)14-18)8-11-24-21(23)25-12-9-17(10-13-25)20(22)26/h2-8,11,14,17H,1,9-10,12-13H2,(H2,22,26)(H2,23,24)/b11-8-. The topological polar surface area (TPSA) is 84.7 Å². The Morgan fingerprint density at radius 2 is 1.81 bits per heavy atom. The number of nitrogens with two attached hydrogens (primary N) is 2. The fraction of sp³-hybridized carbons (Fsp3) is 0.238. The molecule has 2 aromatic rings. The van der Waals surface area contributed by atoms with Crippen molar-refractivity contribution in [2.45, 2.75) is 12.8 Å². The van der Waals surface area contributed by atoms with Crippen LogP contribution in [-0.2, 0) is 4.79 Å². The normalized spacial score (nSPS) is 16.3. The summed E-state index contributed by atoms with van der Waals surface area (Å²) in [4.78, 5) is 17.5. The predicted molar refractivity (Wildman–Crippen MR) is 107 cm³/mol. The van der Waals surface area contributed by atoms with Crippen LogP contribution in [0.5, 0.6) is 0 Å². The maximum absolute atomic E-state index is 11.2. The number of rotatable bonds is 4. The highest BCUT2D eigenvalue weighted by Gasteiger charge is 2.23. The van der Waals surface area contributed by atoms with Gasteiger partial charge in [0.1, 0.15) is 0 Å². The predicted octanol–water partition coefficient (Wildman–Crippen LogP) is 2.88. The van der Waals surface area contributed by atoms with Crippen molar-refractivity contribution >= 4 is 28.2 Å². The number of aliphatic imine (C=N–C) groups is 1. The van der Waals surface area contributed by atoms with Gasteiger partial charge in [-0.05, 0) is 46.9 Å². The highest BCUT2D eigenvalue weighted by molar-refractivity contribution is 5.87. The lowest BCUT2D eigenvalue weighted by molar-refractivity contribution is -0.122. The van der Waals surface area contributed by atoms with Crippen LogP contribution in [0.25, 0.3) is 16.3 Å². The van der Waals surface area contributed by atoms with E-state index in [1.54, 1.807) is 6.20 Å². The molecule has 0 aliphatic carbocycles. The van der Waals surface area contributed by atoms with Crippen molar-refractivity contribution in [3.63, 3.8) is 0 Å². The van der Waals surface area contributed by atoms with Crippen LogP contribution in [0.15, 0.2) is 66.3 Å². The van der Waals surface area contributed by atoms with Gasteiger partial charge in [0, 0.05) is 25.2 Å². The molecule has 5 heteroatoms. The zero-order chi connectivity index (χ0) is 18.5. The van der Waals surface area contributed by atoms with E-state index in [9.17, 15) is 4.79 Å². The van der Waals surface area contributed by atoms with Crippen LogP contribution in [-0.4, -0.2) is 29.9 Å². The number of amides is 1. The van der Waals surface area contributed by atoms with E-state index in [0.29, 0.717) is 19.0 Å². The summed E-state index contributed by atoms with van der Waals surface area (Å²) in [7, 11) is 0. The third-order valence-corrected chi connectivity index (χ3v) is 4.82. The second-order valence-electron chi connectivity index (χ2n) is 6.55. The minimum Gasteiger partial charge on any atom is -0.370 e. The molecule has 26 heavy (non-hydrogen) atoms. The molecule has 4 N–H and O–H groups in total. The lowest BCUT2D eigenvalue weighted by atomic mass is 9.96. The third kappa shape index (κ3) is 4.11. The Balaban J connectivity index is 1.62. The molecule has 0 bridgehead atoms. The van der Waals surface area contributed by atoms with E-state index in [4.69, 9.17) is 11.5 Å². The van der Waals surface area contributed by atoms with Gasteiger partial charge >= 0.3 is 0 Å². The summed E-state index contributed by atoms with van der Waals surface area (Å²) in [6, 6.07) is 14.5. The molecule has 1 saturated heterocycles. The molecule has 1 aliphatic heterocycles. The molecule has 0 spiro atoms. The minimum atomic E-state index is -0.230. The molecule has 0 saturated carbocycles. The second kappa shape index (κ2) is 7.87. The Morgan fingerprint density at radius 3 is 2.50 bits per heavy atom. The van der Waals surface area contributed by atoms with E-state index in [1.807, 2.05) is 23.1 Å². The van der Waals surface area contributed by atoms with E-state index in [2.05, 4.69) is 41.9 Å². The molecule has 134 valence electrons. The molecule has 2 aromatic carbocycles. The molecule has 1 aliphatic rings. The van der Waals surface area contributed by atoms with Crippen LogP contribution >= 0.6 is 0 Å². The fourth-order valence-electron chi connectivity index (χ4n) is 3.16. The Morgan fingerprint density at radius 1 is 1.12 bits per heavy atom. The lowest BCUT2D eigenvalue weighted by Crippen LogP contribution is -2.44. The van der Waals surface area contributed by atoms with Crippen molar-refractivity contribution in [1.82, 2.24) is 4.90 Å². The quantitative estimate of drug-likeness (QED) is 0.506. The average Bonchev–Trinajstić information content (AvgIpc) is 2.67. The monoisotopic (exact) mass is 348 g/mol. The summed E-state index contributed by atoms with van der Waals surface area (Å²) >= 11 is 0. The van der Waals surface area contributed by atoms with Crippen molar-refractivity contribution < 1.29 is 4.79 Å². The van der Waals surface area contributed by atoms with Gasteiger partial charge in [0.15, 0.2) is 5.96 Å². The molecule has 5 nitrogen and oxygen atoms in total. The molecular formula is C21H24N4O. The van der Waals surface area contributed by atoms with Crippen molar-refractivity contribution in [3.8, 4) is 0 Å². The van der Waals surface area contributed by atoms with Crippen molar-refractivity contribution in [3.05, 3.63) is 66.9 Å². The van der Waals surface area contributed by atoms with Gasteiger partial charge in [0.25, 0.3) is 0 Å². The van der Waals surface area contributed by atoms with Gasteiger partial charge in [-0.3, -0.25) is 4.79 Å². The number of carbonyl (C=O) groups excluding carboxylic acids is 1. The van der Waals surface area contributed by atoms with E-state index in [0.717, 1.165) is 24.0 Å². The van der Waals surface area contributed by atoms with Crippen molar-refractivity contribution in [1.29, 1.82) is 0 Å². The Labute approximate surface area is 153 Å². The SMILES string of the molecule is C=C(/C=C\N=C(/N)N1CCC(C(N)=O)CC1)c1ccc2ccccc2c1. The zero-order valence-electron chi connectivity index (χ0n) is 14.8. The molecule has 1 fully saturated rings.